The monoisotopic (exact) mass is 460 g/mol. The molecule has 0 spiro atoms. The minimum atomic E-state index is -2.13. The van der Waals surface area contributed by atoms with Gasteiger partial charge in [-0.1, -0.05) is 20.8 Å². The van der Waals surface area contributed by atoms with E-state index >= 15 is 0 Å². The van der Waals surface area contributed by atoms with Gasteiger partial charge in [0.25, 0.3) is 0 Å². The number of likely N-dealkylation sites (tertiary alicyclic amines) is 1. The Balaban J connectivity index is 3.19. The van der Waals surface area contributed by atoms with Gasteiger partial charge in [-0.3, -0.25) is 14.9 Å². The Morgan fingerprint density at radius 3 is 2.23 bits per heavy atom. The number of amides is 1. The molecule has 1 unspecified atom stereocenters. The van der Waals surface area contributed by atoms with Crippen LogP contribution in [0.15, 0.2) is 0 Å². The molecule has 3 atom stereocenters. The molecule has 0 saturated carbocycles. The van der Waals surface area contributed by atoms with Gasteiger partial charge in [0.15, 0.2) is 8.32 Å². The highest BCUT2D eigenvalue weighted by atomic mass is 28.4. The van der Waals surface area contributed by atoms with E-state index in [1.54, 1.807) is 27.7 Å². The van der Waals surface area contributed by atoms with Gasteiger partial charge in [0.1, 0.15) is 5.60 Å². The van der Waals surface area contributed by atoms with Crippen LogP contribution in [0.1, 0.15) is 61.3 Å². The molecule has 0 bridgehead atoms. The average Bonchev–Trinajstić information content (AvgIpc) is 2.94. The van der Waals surface area contributed by atoms with Crippen LogP contribution >= 0.6 is 0 Å². The summed E-state index contributed by atoms with van der Waals surface area (Å²) in [5.41, 5.74) is -0.709. The van der Waals surface area contributed by atoms with Crippen LogP contribution in [-0.2, 0) is 18.7 Å². The van der Waals surface area contributed by atoms with E-state index in [1.807, 2.05) is 0 Å². The van der Waals surface area contributed by atoms with Gasteiger partial charge in [-0.15, -0.1) is 0 Å². The standard InChI is InChI=1S/C21H40N2O7Si/c1-10-28-18(24)11-15(13-23(26)27)17-12-16(30-31(8,9)21(5,6)7)14-22(17)19(25)29-20(2,3)4/h15-17H,10-14H2,1-9H3/t15?,16-,17+/m1/s1. The number of nitrogens with zero attached hydrogens (tertiary/aromatic N) is 2. The summed E-state index contributed by atoms with van der Waals surface area (Å²) in [5, 5.41) is 11.3. The number of carbonyl (C=O) groups is 2. The molecule has 1 heterocycles. The minimum absolute atomic E-state index is 0.0208. The van der Waals surface area contributed by atoms with Crippen LogP contribution < -0.4 is 0 Å². The Labute approximate surface area is 187 Å². The minimum Gasteiger partial charge on any atom is -0.466 e. The summed E-state index contributed by atoms with van der Waals surface area (Å²) in [6.07, 6.45) is -0.527. The van der Waals surface area contributed by atoms with E-state index in [4.69, 9.17) is 13.9 Å². The summed E-state index contributed by atoms with van der Waals surface area (Å²) < 4.78 is 17.1. The lowest BCUT2D eigenvalue weighted by atomic mass is 9.93. The highest BCUT2D eigenvalue weighted by molar-refractivity contribution is 6.74. The Morgan fingerprint density at radius 2 is 1.77 bits per heavy atom. The number of ether oxygens (including phenoxy) is 2. The summed E-state index contributed by atoms with van der Waals surface area (Å²) >= 11 is 0. The molecular formula is C21H40N2O7Si. The molecular weight excluding hydrogens is 420 g/mol. The first-order valence-corrected chi connectivity index (χ1v) is 13.8. The molecule has 31 heavy (non-hydrogen) atoms. The second-order valence-corrected chi connectivity index (χ2v) is 15.5. The zero-order valence-corrected chi connectivity index (χ0v) is 21.5. The summed E-state index contributed by atoms with van der Waals surface area (Å²) in [7, 11) is -2.13. The quantitative estimate of drug-likeness (QED) is 0.231. The van der Waals surface area contributed by atoms with Crippen LogP contribution in [0.25, 0.3) is 0 Å². The van der Waals surface area contributed by atoms with Crippen LogP contribution in [0.3, 0.4) is 0 Å². The van der Waals surface area contributed by atoms with Crippen LogP contribution in [0.2, 0.25) is 18.1 Å². The second kappa shape index (κ2) is 10.3. The van der Waals surface area contributed by atoms with Gasteiger partial charge < -0.3 is 18.8 Å². The fourth-order valence-electron chi connectivity index (χ4n) is 3.43. The molecule has 1 rings (SSSR count). The fourth-order valence-corrected chi connectivity index (χ4v) is 4.79. The van der Waals surface area contributed by atoms with Crippen molar-refractivity contribution in [1.29, 1.82) is 0 Å². The fraction of sp³-hybridized carbons (Fsp3) is 0.905. The Morgan fingerprint density at radius 1 is 1.19 bits per heavy atom. The van der Waals surface area contributed by atoms with E-state index in [9.17, 15) is 19.7 Å². The Hall–Kier alpha value is -1.68. The normalized spacial score (nSPS) is 21.0. The molecule has 9 nitrogen and oxygen atoms in total. The van der Waals surface area contributed by atoms with E-state index in [0.717, 1.165) is 0 Å². The first kappa shape index (κ1) is 27.4. The van der Waals surface area contributed by atoms with E-state index in [0.29, 0.717) is 6.42 Å². The number of esters is 1. The molecule has 0 aliphatic carbocycles. The predicted molar refractivity (Wildman–Crippen MR) is 120 cm³/mol. The molecule has 0 aromatic heterocycles. The first-order chi connectivity index (χ1) is 14.0. The van der Waals surface area contributed by atoms with Gasteiger partial charge in [0, 0.05) is 17.5 Å². The predicted octanol–water partition coefficient (Wildman–Crippen LogP) is 4.23. The molecule has 10 heteroatoms. The van der Waals surface area contributed by atoms with Gasteiger partial charge in [-0.25, -0.2) is 4.79 Å². The maximum atomic E-state index is 13.0. The van der Waals surface area contributed by atoms with Gasteiger partial charge >= 0.3 is 12.1 Å². The number of hydrogen-bond acceptors (Lipinski definition) is 7. The summed E-state index contributed by atoms with van der Waals surface area (Å²) in [4.78, 5) is 37.5. The van der Waals surface area contributed by atoms with Crippen molar-refractivity contribution in [3.8, 4) is 0 Å². The zero-order chi connectivity index (χ0) is 24.2. The molecule has 1 fully saturated rings. The third-order valence-electron chi connectivity index (χ3n) is 5.86. The molecule has 1 saturated heterocycles. The highest BCUT2D eigenvalue weighted by Crippen LogP contribution is 2.40. The second-order valence-electron chi connectivity index (χ2n) is 10.7. The number of carbonyl (C=O) groups excluding carboxylic acids is 2. The number of rotatable bonds is 8. The van der Waals surface area contributed by atoms with Gasteiger partial charge in [0.05, 0.1) is 25.0 Å². The largest absolute Gasteiger partial charge is 0.466 e. The van der Waals surface area contributed by atoms with Crippen molar-refractivity contribution in [3.05, 3.63) is 10.1 Å². The summed E-state index contributed by atoms with van der Waals surface area (Å²) in [6, 6.07) is -0.542. The maximum absolute atomic E-state index is 13.0. The van der Waals surface area contributed by atoms with Crippen molar-refractivity contribution < 1.29 is 28.4 Å². The Bertz CT molecular complexity index is 655. The molecule has 0 aromatic carbocycles. The van der Waals surface area contributed by atoms with Gasteiger partial charge in [-0.2, -0.15) is 0 Å². The van der Waals surface area contributed by atoms with Crippen molar-refractivity contribution >= 4 is 20.4 Å². The van der Waals surface area contributed by atoms with Crippen LogP contribution in [0.5, 0.6) is 0 Å². The topological polar surface area (TPSA) is 108 Å². The Kier molecular flexibility index (Phi) is 9.08. The number of nitro groups is 1. The van der Waals surface area contributed by atoms with E-state index in [-0.39, 0.29) is 30.7 Å². The van der Waals surface area contributed by atoms with E-state index in [2.05, 4.69) is 33.9 Å². The lowest BCUT2D eigenvalue weighted by Crippen LogP contribution is -2.46. The van der Waals surface area contributed by atoms with E-state index in [1.165, 1.54) is 4.90 Å². The molecule has 180 valence electrons. The smallest absolute Gasteiger partial charge is 0.410 e. The molecule has 0 aromatic rings. The van der Waals surface area contributed by atoms with E-state index < -0.39 is 49.4 Å². The SMILES string of the molecule is CCOC(=O)CC(C[N+](=O)[O-])[C@@H]1C[C@@H](O[Si](C)(C)C(C)(C)C)CN1C(=O)OC(C)(C)C. The van der Waals surface area contributed by atoms with Crippen molar-refractivity contribution in [2.24, 2.45) is 5.92 Å². The van der Waals surface area contributed by atoms with Crippen molar-refractivity contribution in [1.82, 2.24) is 4.90 Å². The average molecular weight is 461 g/mol. The highest BCUT2D eigenvalue weighted by Gasteiger charge is 2.47. The molecule has 1 amide bonds. The lowest BCUT2D eigenvalue weighted by Gasteiger charge is -2.38. The number of hydrogen-bond donors (Lipinski definition) is 0. The van der Waals surface area contributed by atoms with Crippen molar-refractivity contribution in [2.45, 2.75) is 97.2 Å². The first-order valence-electron chi connectivity index (χ1n) is 10.9. The molecule has 0 N–H and O–H groups in total. The van der Waals surface area contributed by atoms with Gasteiger partial charge in [-0.05, 0) is 52.2 Å². The third kappa shape index (κ3) is 8.40. The third-order valence-corrected chi connectivity index (χ3v) is 10.4. The molecule has 1 aliphatic heterocycles. The van der Waals surface area contributed by atoms with Crippen molar-refractivity contribution in [2.75, 3.05) is 19.7 Å². The molecule has 1 aliphatic rings. The summed E-state index contributed by atoms with van der Waals surface area (Å²) in [5.74, 6) is -1.19. The van der Waals surface area contributed by atoms with Crippen LogP contribution in [-0.4, -0.2) is 67.6 Å². The van der Waals surface area contributed by atoms with Crippen LogP contribution in [0.4, 0.5) is 4.79 Å². The van der Waals surface area contributed by atoms with Crippen LogP contribution in [0, 0.1) is 16.0 Å². The lowest BCUT2D eigenvalue weighted by molar-refractivity contribution is -0.489. The zero-order valence-electron chi connectivity index (χ0n) is 20.5. The van der Waals surface area contributed by atoms with Gasteiger partial charge in [0.2, 0.25) is 6.54 Å². The summed E-state index contributed by atoms with van der Waals surface area (Å²) in [6.45, 7) is 17.7. The maximum Gasteiger partial charge on any atom is 0.410 e. The molecule has 0 radical (unpaired) electrons. The van der Waals surface area contributed by atoms with Crippen molar-refractivity contribution in [3.63, 3.8) is 0 Å².